The molecule has 0 saturated carbocycles. The van der Waals surface area contributed by atoms with Gasteiger partial charge in [-0.1, -0.05) is 13.5 Å². The van der Waals surface area contributed by atoms with Crippen LogP contribution in [0.4, 0.5) is 0 Å². The SMILES string of the molecule is C=CC(N)=O.CCCOS(=O)[O-].N. The van der Waals surface area contributed by atoms with Crippen LogP contribution in [0.25, 0.3) is 0 Å². The van der Waals surface area contributed by atoms with Crippen LogP contribution in [-0.2, 0) is 20.3 Å². The first-order valence-electron chi connectivity index (χ1n) is 3.19. The lowest BCUT2D eigenvalue weighted by Crippen LogP contribution is -2.04. The Kier molecular flexibility index (Phi) is 19.2. The van der Waals surface area contributed by atoms with Crippen molar-refractivity contribution >= 4 is 17.3 Å². The van der Waals surface area contributed by atoms with Gasteiger partial charge in [-0.15, -0.1) is 0 Å². The van der Waals surface area contributed by atoms with Gasteiger partial charge < -0.3 is 20.6 Å². The summed E-state index contributed by atoms with van der Waals surface area (Å²) in [5, 5.41) is 0. The molecule has 1 atom stereocenters. The van der Waals surface area contributed by atoms with E-state index in [1.54, 1.807) is 0 Å². The molecule has 0 saturated heterocycles. The molecule has 0 aliphatic heterocycles. The number of hydrogen-bond acceptors (Lipinski definition) is 5. The molecule has 6 nitrogen and oxygen atoms in total. The maximum absolute atomic E-state index is 9.54. The molecule has 0 aromatic rings. The van der Waals surface area contributed by atoms with Crippen LogP contribution in [0.5, 0.6) is 0 Å². The molecule has 1 unspecified atom stereocenters. The van der Waals surface area contributed by atoms with E-state index in [9.17, 15) is 13.6 Å². The van der Waals surface area contributed by atoms with Gasteiger partial charge in [0.2, 0.25) is 5.91 Å². The van der Waals surface area contributed by atoms with Gasteiger partial charge in [-0.05, 0) is 12.5 Å². The maximum Gasteiger partial charge on any atom is 0.240 e. The van der Waals surface area contributed by atoms with Crippen LogP contribution >= 0.6 is 0 Å². The summed E-state index contributed by atoms with van der Waals surface area (Å²) >= 11 is -2.32. The fourth-order valence-corrected chi connectivity index (χ4v) is 0.454. The zero-order valence-electron chi connectivity index (χ0n) is 7.52. The molecule has 13 heavy (non-hydrogen) atoms. The van der Waals surface area contributed by atoms with Gasteiger partial charge in [0.15, 0.2) is 0 Å². The Hall–Kier alpha value is -0.760. The summed E-state index contributed by atoms with van der Waals surface area (Å²) in [6.45, 7) is 5.21. The van der Waals surface area contributed by atoms with Crippen molar-refractivity contribution < 1.29 is 17.7 Å². The Morgan fingerprint density at radius 2 is 2.15 bits per heavy atom. The first kappa shape index (κ1) is 18.1. The molecule has 0 aromatic heterocycles. The second kappa shape index (κ2) is 13.8. The van der Waals surface area contributed by atoms with Crippen molar-refractivity contribution in [2.45, 2.75) is 13.3 Å². The third kappa shape index (κ3) is 35.0. The molecule has 1 amide bonds. The molecule has 0 aliphatic rings. The average molecular weight is 211 g/mol. The molecule has 0 heterocycles. The standard InChI is InChI=1S/C3H5NO.C3H8O3S.H3N/c1-2-3(4)5;1-2-3-6-7(4)5;/h2H,1H2,(H2,4,5);2-3H2,1H3,(H,4,5);1H3/p-1. The van der Waals surface area contributed by atoms with E-state index >= 15 is 0 Å². The lowest BCUT2D eigenvalue weighted by atomic mass is 10.5. The van der Waals surface area contributed by atoms with Crippen LogP contribution in [0, 0.1) is 0 Å². The summed E-state index contributed by atoms with van der Waals surface area (Å²) in [5.74, 6) is -0.481. The van der Waals surface area contributed by atoms with Crippen LogP contribution in [0.3, 0.4) is 0 Å². The van der Waals surface area contributed by atoms with Crippen LogP contribution in [-0.4, -0.2) is 21.3 Å². The Labute approximate surface area is 80.2 Å². The third-order valence-electron chi connectivity index (χ3n) is 0.585. The van der Waals surface area contributed by atoms with E-state index in [0.29, 0.717) is 0 Å². The van der Waals surface area contributed by atoms with E-state index in [4.69, 9.17) is 0 Å². The van der Waals surface area contributed by atoms with Crippen LogP contribution < -0.4 is 11.9 Å². The minimum absolute atomic E-state index is 0. The molecular weight excluding hydrogens is 196 g/mol. The van der Waals surface area contributed by atoms with Crippen molar-refractivity contribution in [1.29, 1.82) is 0 Å². The van der Waals surface area contributed by atoms with Crippen molar-refractivity contribution in [2.75, 3.05) is 6.61 Å². The van der Waals surface area contributed by atoms with E-state index in [2.05, 4.69) is 16.5 Å². The number of primary amides is 1. The van der Waals surface area contributed by atoms with Crippen molar-refractivity contribution in [3.8, 4) is 0 Å². The normalized spacial score (nSPS) is 10.0. The van der Waals surface area contributed by atoms with Crippen LogP contribution in [0.15, 0.2) is 12.7 Å². The molecule has 0 radical (unpaired) electrons. The molecule has 0 aromatic carbocycles. The van der Waals surface area contributed by atoms with Gasteiger partial charge in [0.05, 0.1) is 18.0 Å². The summed E-state index contributed by atoms with van der Waals surface area (Å²) in [5.41, 5.74) is 4.53. The number of nitrogens with two attached hydrogens (primary N) is 1. The number of rotatable bonds is 4. The average Bonchev–Trinajstić information content (AvgIpc) is 2.02. The number of carbonyl (C=O) groups is 1. The highest BCUT2D eigenvalue weighted by Gasteiger charge is 1.77. The monoisotopic (exact) mass is 211 g/mol. The Morgan fingerprint density at radius 3 is 2.23 bits per heavy atom. The van der Waals surface area contributed by atoms with Gasteiger partial charge in [0.1, 0.15) is 0 Å². The van der Waals surface area contributed by atoms with Crippen molar-refractivity contribution in [3.63, 3.8) is 0 Å². The quantitative estimate of drug-likeness (QED) is 0.500. The summed E-state index contributed by atoms with van der Waals surface area (Å²) in [7, 11) is 0. The Bertz CT molecular complexity index is 163. The van der Waals surface area contributed by atoms with E-state index in [-0.39, 0.29) is 12.8 Å². The van der Waals surface area contributed by atoms with Crippen molar-refractivity contribution in [1.82, 2.24) is 6.15 Å². The van der Waals surface area contributed by atoms with Crippen LogP contribution in [0.2, 0.25) is 0 Å². The summed E-state index contributed by atoms with van der Waals surface area (Å²) in [6, 6.07) is 0. The first-order chi connectivity index (χ1) is 5.54. The summed E-state index contributed by atoms with van der Waals surface area (Å²) in [6.07, 6.45) is 1.79. The first-order valence-corrected chi connectivity index (χ1v) is 4.19. The van der Waals surface area contributed by atoms with Gasteiger partial charge in [-0.3, -0.25) is 4.79 Å². The Balaban J connectivity index is -0.000000150. The minimum Gasteiger partial charge on any atom is -0.750 e. The third-order valence-corrected chi connectivity index (χ3v) is 0.944. The molecule has 7 heteroatoms. The lowest BCUT2D eigenvalue weighted by molar-refractivity contribution is -0.113. The highest BCUT2D eigenvalue weighted by atomic mass is 32.2. The second-order valence-corrected chi connectivity index (χ2v) is 2.28. The molecule has 80 valence electrons. The van der Waals surface area contributed by atoms with Gasteiger partial charge in [-0.2, -0.15) is 0 Å². The fourth-order valence-electron chi connectivity index (χ4n) is 0.151. The Morgan fingerprint density at radius 1 is 1.77 bits per heavy atom. The molecule has 5 N–H and O–H groups in total. The summed E-state index contributed by atoms with van der Waals surface area (Å²) in [4.78, 5) is 9.47. The number of amides is 1. The topological polar surface area (TPSA) is 127 Å². The highest BCUT2D eigenvalue weighted by Crippen LogP contribution is 1.80. The molecular formula is C6H15N2O4S-. The van der Waals surface area contributed by atoms with E-state index < -0.39 is 17.3 Å². The second-order valence-electron chi connectivity index (χ2n) is 1.63. The molecule has 0 bridgehead atoms. The van der Waals surface area contributed by atoms with Crippen molar-refractivity contribution in [2.24, 2.45) is 5.73 Å². The molecule has 0 rings (SSSR count). The van der Waals surface area contributed by atoms with Gasteiger partial charge in [0.25, 0.3) is 0 Å². The largest absolute Gasteiger partial charge is 0.750 e. The minimum atomic E-state index is -2.32. The predicted octanol–water partition coefficient (Wildman–Crippen LogP) is 0.0268. The number of hydrogen-bond donors (Lipinski definition) is 2. The van der Waals surface area contributed by atoms with Crippen LogP contribution in [0.1, 0.15) is 13.3 Å². The van der Waals surface area contributed by atoms with E-state index in [1.807, 2.05) is 6.92 Å². The number of carbonyl (C=O) groups excluding carboxylic acids is 1. The molecule has 0 spiro atoms. The molecule has 0 aliphatic carbocycles. The van der Waals surface area contributed by atoms with Gasteiger partial charge >= 0.3 is 0 Å². The van der Waals surface area contributed by atoms with Gasteiger partial charge in [0, 0.05) is 0 Å². The fraction of sp³-hybridized carbons (Fsp3) is 0.500. The zero-order valence-corrected chi connectivity index (χ0v) is 8.34. The van der Waals surface area contributed by atoms with E-state index in [1.165, 1.54) is 0 Å². The molecule has 0 fully saturated rings. The highest BCUT2D eigenvalue weighted by molar-refractivity contribution is 7.74. The summed E-state index contributed by atoms with van der Waals surface area (Å²) < 4.78 is 23.2. The zero-order chi connectivity index (χ0) is 9.98. The smallest absolute Gasteiger partial charge is 0.240 e. The maximum atomic E-state index is 9.54. The van der Waals surface area contributed by atoms with E-state index in [0.717, 1.165) is 12.5 Å². The lowest BCUT2D eigenvalue weighted by Gasteiger charge is -2.01. The van der Waals surface area contributed by atoms with Crippen molar-refractivity contribution in [3.05, 3.63) is 12.7 Å². The predicted molar refractivity (Wildman–Crippen MR) is 49.6 cm³/mol. The van der Waals surface area contributed by atoms with Gasteiger partial charge in [-0.25, -0.2) is 4.21 Å².